The van der Waals surface area contributed by atoms with Gasteiger partial charge in [-0.2, -0.15) is 0 Å². The van der Waals surface area contributed by atoms with Crippen LogP contribution in [-0.2, 0) is 13.6 Å². The molecule has 5 heteroatoms. The molecule has 0 heterocycles. The summed E-state index contributed by atoms with van der Waals surface area (Å²) in [7, 11) is -2.87. The lowest BCUT2D eigenvalue weighted by molar-refractivity contribution is 0.220. The summed E-state index contributed by atoms with van der Waals surface area (Å²) in [5, 5.41) is 3.13. The molecule has 0 aliphatic carbocycles. The third-order valence-corrected chi connectivity index (χ3v) is 3.72. The van der Waals surface area contributed by atoms with Crippen LogP contribution >= 0.6 is 7.60 Å². The molecule has 0 unspecified atom stereocenters. The highest BCUT2D eigenvalue weighted by atomic mass is 31.2. The van der Waals surface area contributed by atoms with Crippen LogP contribution < -0.4 is 5.32 Å². The van der Waals surface area contributed by atoms with E-state index in [0.717, 1.165) is 12.1 Å². The standard InChI is InChI=1S/C10H22NO3P/c1-5-13-15(12,14-6-2)8-7-11-9-10(3)4/h11H,3,5-9H2,1-2,4H3. The molecule has 1 N–H and O–H groups in total. The fraction of sp³-hybridized carbons (Fsp3) is 0.800. The normalized spacial score (nSPS) is 11.7. The molecule has 0 atom stereocenters. The van der Waals surface area contributed by atoms with Crippen LogP contribution in [0.2, 0.25) is 0 Å². The maximum Gasteiger partial charge on any atom is 0.331 e. The van der Waals surface area contributed by atoms with E-state index in [-0.39, 0.29) is 0 Å². The molecule has 0 radical (unpaired) electrons. The molecule has 0 amide bonds. The Morgan fingerprint density at radius 2 is 1.87 bits per heavy atom. The Labute approximate surface area is 92.6 Å². The van der Waals surface area contributed by atoms with Gasteiger partial charge in [-0.15, -0.1) is 0 Å². The van der Waals surface area contributed by atoms with Crippen molar-refractivity contribution in [3.05, 3.63) is 12.2 Å². The van der Waals surface area contributed by atoms with Gasteiger partial charge < -0.3 is 14.4 Å². The maximum atomic E-state index is 12.0. The molecule has 15 heavy (non-hydrogen) atoms. The van der Waals surface area contributed by atoms with Crippen LogP contribution in [0.1, 0.15) is 20.8 Å². The second kappa shape index (κ2) is 8.05. The number of hydrogen-bond acceptors (Lipinski definition) is 4. The van der Waals surface area contributed by atoms with Gasteiger partial charge in [-0.05, 0) is 20.8 Å². The van der Waals surface area contributed by atoms with Gasteiger partial charge in [-0.1, -0.05) is 12.2 Å². The molecule has 0 fully saturated rings. The van der Waals surface area contributed by atoms with E-state index in [1.54, 1.807) is 0 Å². The molecule has 90 valence electrons. The van der Waals surface area contributed by atoms with Gasteiger partial charge in [0, 0.05) is 13.1 Å². The van der Waals surface area contributed by atoms with E-state index in [4.69, 9.17) is 9.05 Å². The van der Waals surface area contributed by atoms with Crippen molar-refractivity contribution in [2.24, 2.45) is 0 Å². The first-order valence-electron chi connectivity index (χ1n) is 5.27. The van der Waals surface area contributed by atoms with Gasteiger partial charge in [-0.25, -0.2) is 0 Å². The second-order valence-electron chi connectivity index (χ2n) is 3.30. The molecule has 0 spiro atoms. The van der Waals surface area contributed by atoms with Crippen LogP contribution in [0, 0.1) is 0 Å². The van der Waals surface area contributed by atoms with Crippen LogP contribution in [-0.4, -0.2) is 32.5 Å². The molecule has 0 aromatic carbocycles. The Morgan fingerprint density at radius 1 is 1.33 bits per heavy atom. The van der Waals surface area contributed by atoms with Gasteiger partial charge in [0.15, 0.2) is 0 Å². The predicted molar refractivity (Wildman–Crippen MR) is 63.4 cm³/mol. The lowest BCUT2D eigenvalue weighted by atomic mass is 10.3. The van der Waals surface area contributed by atoms with Gasteiger partial charge in [0.05, 0.1) is 19.4 Å². The number of hydrogen-bond donors (Lipinski definition) is 1. The third kappa shape index (κ3) is 7.74. The Kier molecular flexibility index (Phi) is 7.97. The highest BCUT2D eigenvalue weighted by Gasteiger charge is 2.22. The van der Waals surface area contributed by atoms with Crippen LogP contribution in [0.15, 0.2) is 12.2 Å². The van der Waals surface area contributed by atoms with Crippen molar-refractivity contribution in [3.63, 3.8) is 0 Å². The summed E-state index contributed by atoms with van der Waals surface area (Å²) in [6, 6.07) is 0. The summed E-state index contributed by atoms with van der Waals surface area (Å²) >= 11 is 0. The fourth-order valence-corrected chi connectivity index (χ4v) is 2.63. The van der Waals surface area contributed by atoms with E-state index >= 15 is 0 Å². The molecular formula is C10H22NO3P. The van der Waals surface area contributed by atoms with Gasteiger partial charge in [0.25, 0.3) is 0 Å². The minimum Gasteiger partial charge on any atom is -0.312 e. The van der Waals surface area contributed by atoms with Crippen LogP contribution in [0.5, 0.6) is 0 Å². The SMILES string of the molecule is C=C(C)CNCCP(=O)(OCC)OCC. The summed E-state index contributed by atoms with van der Waals surface area (Å²) in [5.74, 6) is 0. The van der Waals surface area contributed by atoms with E-state index in [1.165, 1.54) is 0 Å². The predicted octanol–water partition coefficient (Wildman–Crippen LogP) is 2.42. The molecule has 0 rings (SSSR count). The van der Waals surface area contributed by atoms with Crippen molar-refractivity contribution >= 4 is 7.60 Å². The Bertz CT molecular complexity index is 221. The van der Waals surface area contributed by atoms with Crippen LogP contribution in [0.4, 0.5) is 0 Å². The van der Waals surface area contributed by atoms with E-state index in [1.807, 2.05) is 20.8 Å². The quantitative estimate of drug-likeness (QED) is 0.379. The van der Waals surface area contributed by atoms with Crippen molar-refractivity contribution in [2.45, 2.75) is 20.8 Å². The van der Waals surface area contributed by atoms with Crippen molar-refractivity contribution < 1.29 is 13.6 Å². The highest BCUT2D eigenvalue weighted by Crippen LogP contribution is 2.47. The topological polar surface area (TPSA) is 47.6 Å². The summed E-state index contributed by atoms with van der Waals surface area (Å²) in [6.45, 7) is 11.5. The Balaban J connectivity index is 3.85. The molecule has 4 nitrogen and oxygen atoms in total. The zero-order chi connectivity index (χ0) is 11.7. The van der Waals surface area contributed by atoms with Crippen molar-refractivity contribution in [2.75, 3.05) is 32.5 Å². The summed E-state index contributed by atoms with van der Waals surface area (Å²) in [6.07, 6.45) is 0.405. The minimum atomic E-state index is -2.87. The monoisotopic (exact) mass is 235 g/mol. The average molecular weight is 235 g/mol. The first-order chi connectivity index (χ1) is 7.04. The molecule has 0 aliphatic rings. The van der Waals surface area contributed by atoms with Crippen molar-refractivity contribution in [3.8, 4) is 0 Å². The first-order valence-corrected chi connectivity index (χ1v) is 7.00. The zero-order valence-corrected chi connectivity index (χ0v) is 10.8. The molecule has 0 bridgehead atoms. The number of nitrogens with one attached hydrogen (secondary N) is 1. The molecule has 0 aromatic rings. The van der Waals surface area contributed by atoms with Gasteiger partial charge in [0.1, 0.15) is 0 Å². The van der Waals surface area contributed by atoms with E-state index in [2.05, 4.69) is 11.9 Å². The average Bonchev–Trinajstić information content (AvgIpc) is 2.13. The van der Waals surface area contributed by atoms with E-state index < -0.39 is 7.60 Å². The van der Waals surface area contributed by atoms with Gasteiger partial charge >= 0.3 is 7.60 Å². The van der Waals surface area contributed by atoms with Crippen LogP contribution in [0.3, 0.4) is 0 Å². The molecule has 0 aliphatic heterocycles. The summed E-state index contributed by atoms with van der Waals surface area (Å²) in [4.78, 5) is 0. The molecular weight excluding hydrogens is 213 g/mol. The van der Waals surface area contributed by atoms with E-state index in [0.29, 0.717) is 25.9 Å². The van der Waals surface area contributed by atoms with Gasteiger partial charge in [0.2, 0.25) is 0 Å². The van der Waals surface area contributed by atoms with Crippen molar-refractivity contribution in [1.82, 2.24) is 5.32 Å². The summed E-state index contributed by atoms with van der Waals surface area (Å²) < 4.78 is 22.2. The zero-order valence-electron chi connectivity index (χ0n) is 9.91. The lowest BCUT2D eigenvalue weighted by Crippen LogP contribution is -2.21. The van der Waals surface area contributed by atoms with Gasteiger partial charge in [-0.3, -0.25) is 4.57 Å². The van der Waals surface area contributed by atoms with Crippen LogP contribution in [0.25, 0.3) is 0 Å². The third-order valence-electron chi connectivity index (χ3n) is 1.64. The lowest BCUT2D eigenvalue weighted by Gasteiger charge is -2.16. The van der Waals surface area contributed by atoms with Crippen molar-refractivity contribution in [1.29, 1.82) is 0 Å². The first kappa shape index (κ1) is 14.8. The molecule has 0 saturated heterocycles. The smallest absolute Gasteiger partial charge is 0.312 e. The molecule has 0 aromatic heterocycles. The second-order valence-corrected chi connectivity index (χ2v) is 5.49. The largest absolute Gasteiger partial charge is 0.331 e. The minimum absolute atomic E-state index is 0.405. The Morgan fingerprint density at radius 3 is 2.27 bits per heavy atom. The number of rotatable bonds is 9. The highest BCUT2D eigenvalue weighted by molar-refractivity contribution is 7.53. The maximum absolute atomic E-state index is 12.0. The fourth-order valence-electron chi connectivity index (χ4n) is 1.08. The molecule has 0 saturated carbocycles. The Hall–Kier alpha value is -0.150. The van der Waals surface area contributed by atoms with E-state index in [9.17, 15) is 4.57 Å². The summed E-state index contributed by atoms with van der Waals surface area (Å²) in [5.41, 5.74) is 1.05.